The summed E-state index contributed by atoms with van der Waals surface area (Å²) in [4.78, 5) is 24.9. The second-order valence-electron chi connectivity index (χ2n) is 6.56. The van der Waals surface area contributed by atoms with E-state index in [-0.39, 0.29) is 17.9 Å². The molecule has 4 heteroatoms. The van der Waals surface area contributed by atoms with E-state index in [1.165, 1.54) is 25.7 Å². The lowest BCUT2D eigenvalue weighted by Gasteiger charge is -2.16. The first-order chi connectivity index (χ1) is 12.2. The highest BCUT2D eigenvalue weighted by molar-refractivity contribution is 6.06. The van der Waals surface area contributed by atoms with Gasteiger partial charge in [-0.3, -0.25) is 9.59 Å². The Morgan fingerprint density at radius 1 is 0.760 bits per heavy atom. The molecule has 2 N–H and O–H groups in total. The van der Waals surface area contributed by atoms with Crippen molar-refractivity contribution in [2.75, 3.05) is 5.32 Å². The number of carbonyl (C=O) groups excluding carboxylic acids is 2. The van der Waals surface area contributed by atoms with E-state index in [0.717, 1.165) is 18.5 Å². The molecule has 4 nitrogen and oxygen atoms in total. The molecule has 1 aliphatic rings. The van der Waals surface area contributed by atoms with Crippen molar-refractivity contribution in [3.05, 3.63) is 65.7 Å². The maximum Gasteiger partial charge on any atom is 0.255 e. The highest BCUT2D eigenvalue weighted by Crippen LogP contribution is 2.18. The van der Waals surface area contributed by atoms with Crippen LogP contribution in [0.5, 0.6) is 0 Å². The molecule has 0 aliphatic heterocycles. The maximum absolute atomic E-state index is 12.5. The van der Waals surface area contributed by atoms with Crippen LogP contribution in [0.1, 0.15) is 59.2 Å². The number of anilines is 1. The predicted molar refractivity (Wildman–Crippen MR) is 99.8 cm³/mol. The van der Waals surface area contributed by atoms with Gasteiger partial charge in [0, 0.05) is 22.9 Å². The molecule has 2 amide bonds. The first kappa shape index (κ1) is 17.2. The van der Waals surface area contributed by atoms with Crippen molar-refractivity contribution < 1.29 is 9.59 Å². The number of hydrogen-bond donors (Lipinski definition) is 2. The average Bonchev–Trinajstić information content (AvgIpc) is 2.91. The lowest BCUT2D eigenvalue weighted by molar-refractivity contribution is 0.0933. The van der Waals surface area contributed by atoms with Gasteiger partial charge >= 0.3 is 0 Å². The zero-order valence-electron chi connectivity index (χ0n) is 14.3. The second-order valence-corrected chi connectivity index (χ2v) is 6.56. The lowest BCUT2D eigenvalue weighted by atomic mass is 10.1. The normalized spacial score (nSPS) is 15.2. The molecule has 2 aromatic rings. The van der Waals surface area contributed by atoms with Crippen molar-refractivity contribution in [2.24, 2.45) is 0 Å². The van der Waals surface area contributed by atoms with Crippen LogP contribution in [-0.4, -0.2) is 17.9 Å². The van der Waals surface area contributed by atoms with E-state index in [4.69, 9.17) is 0 Å². The minimum absolute atomic E-state index is 0.0961. The van der Waals surface area contributed by atoms with Gasteiger partial charge < -0.3 is 10.6 Å². The summed E-state index contributed by atoms with van der Waals surface area (Å²) in [7, 11) is 0. The summed E-state index contributed by atoms with van der Waals surface area (Å²) in [5.74, 6) is -0.309. The molecular formula is C21H24N2O2. The minimum Gasteiger partial charge on any atom is -0.349 e. The van der Waals surface area contributed by atoms with E-state index in [1.54, 1.807) is 24.3 Å². The Labute approximate surface area is 148 Å². The number of benzene rings is 2. The Morgan fingerprint density at radius 3 is 2.08 bits per heavy atom. The maximum atomic E-state index is 12.5. The van der Waals surface area contributed by atoms with Crippen molar-refractivity contribution in [2.45, 2.75) is 44.6 Å². The molecular weight excluding hydrogens is 312 g/mol. The average molecular weight is 336 g/mol. The molecule has 3 rings (SSSR count). The van der Waals surface area contributed by atoms with Crippen LogP contribution >= 0.6 is 0 Å². The van der Waals surface area contributed by atoms with Gasteiger partial charge in [0.05, 0.1) is 0 Å². The topological polar surface area (TPSA) is 58.2 Å². The molecule has 0 radical (unpaired) electrons. The van der Waals surface area contributed by atoms with Gasteiger partial charge in [0.2, 0.25) is 0 Å². The number of rotatable bonds is 4. The lowest BCUT2D eigenvalue weighted by Crippen LogP contribution is -2.34. The molecule has 2 aromatic carbocycles. The minimum atomic E-state index is -0.213. The molecule has 25 heavy (non-hydrogen) atoms. The fourth-order valence-electron chi connectivity index (χ4n) is 3.22. The molecule has 1 saturated carbocycles. The first-order valence-electron chi connectivity index (χ1n) is 9.00. The molecule has 1 aliphatic carbocycles. The summed E-state index contributed by atoms with van der Waals surface area (Å²) in [5, 5.41) is 5.96. The van der Waals surface area contributed by atoms with Crippen LogP contribution in [0.25, 0.3) is 0 Å². The van der Waals surface area contributed by atoms with E-state index < -0.39 is 0 Å². The molecule has 1 fully saturated rings. The highest BCUT2D eigenvalue weighted by Gasteiger charge is 2.16. The van der Waals surface area contributed by atoms with E-state index in [1.807, 2.05) is 30.3 Å². The summed E-state index contributed by atoms with van der Waals surface area (Å²) in [6, 6.07) is 16.4. The third-order valence-electron chi connectivity index (χ3n) is 4.61. The molecule has 0 bridgehead atoms. The van der Waals surface area contributed by atoms with Crippen LogP contribution in [0, 0.1) is 0 Å². The number of hydrogen-bond acceptors (Lipinski definition) is 2. The number of carbonyl (C=O) groups is 2. The van der Waals surface area contributed by atoms with Crippen LogP contribution in [0.15, 0.2) is 54.6 Å². The second kappa shape index (κ2) is 8.47. The zero-order chi connectivity index (χ0) is 17.5. The van der Waals surface area contributed by atoms with Gasteiger partial charge in [-0.15, -0.1) is 0 Å². The van der Waals surface area contributed by atoms with Gasteiger partial charge in [0.25, 0.3) is 11.8 Å². The Kier molecular flexibility index (Phi) is 5.83. The fraction of sp³-hybridized carbons (Fsp3) is 0.333. The first-order valence-corrected chi connectivity index (χ1v) is 9.00. The standard InChI is InChI=1S/C21H24N2O2/c24-20(22-18-11-4-1-2-5-12-18)16-9-8-10-17(15-16)21(25)23-19-13-6-3-7-14-19/h3,6-10,13-15,18H,1-2,4-5,11-12H2,(H,22,24)(H,23,25). The van der Waals surface area contributed by atoms with Crippen LogP contribution in [-0.2, 0) is 0 Å². The predicted octanol–water partition coefficient (Wildman–Crippen LogP) is 4.39. The molecule has 0 aromatic heterocycles. The van der Waals surface area contributed by atoms with E-state index in [0.29, 0.717) is 11.1 Å². The van der Waals surface area contributed by atoms with Crippen LogP contribution in [0.4, 0.5) is 5.69 Å². The summed E-state index contributed by atoms with van der Waals surface area (Å²) < 4.78 is 0. The van der Waals surface area contributed by atoms with E-state index >= 15 is 0 Å². The van der Waals surface area contributed by atoms with Gasteiger partial charge in [-0.2, -0.15) is 0 Å². The molecule has 0 saturated heterocycles. The molecule has 0 unspecified atom stereocenters. The van der Waals surface area contributed by atoms with Gasteiger partial charge in [-0.1, -0.05) is 49.9 Å². The Morgan fingerprint density at radius 2 is 1.40 bits per heavy atom. The van der Waals surface area contributed by atoms with Crippen LogP contribution < -0.4 is 10.6 Å². The third kappa shape index (κ3) is 4.92. The van der Waals surface area contributed by atoms with Crippen molar-refractivity contribution in [1.82, 2.24) is 5.32 Å². The van der Waals surface area contributed by atoms with Crippen molar-refractivity contribution >= 4 is 17.5 Å². The smallest absolute Gasteiger partial charge is 0.255 e. The largest absolute Gasteiger partial charge is 0.349 e. The zero-order valence-corrected chi connectivity index (χ0v) is 14.3. The Hall–Kier alpha value is -2.62. The molecule has 130 valence electrons. The summed E-state index contributed by atoms with van der Waals surface area (Å²) in [6.07, 6.45) is 6.93. The summed E-state index contributed by atoms with van der Waals surface area (Å²) in [5.41, 5.74) is 1.75. The molecule has 0 atom stereocenters. The van der Waals surface area contributed by atoms with Crippen LogP contribution in [0.3, 0.4) is 0 Å². The van der Waals surface area contributed by atoms with Crippen molar-refractivity contribution in [3.63, 3.8) is 0 Å². The third-order valence-corrected chi connectivity index (χ3v) is 4.61. The summed E-state index contributed by atoms with van der Waals surface area (Å²) in [6.45, 7) is 0. The number of para-hydroxylation sites is 1. The van der Waals surface area contributed by atoms with Gasteiger partial charge in [0.1, 0.15) is 0 Å². The van der Waals surface area contributed by atoms with E-state index in [2.05, 4.69) is 10.6 Å². The fourth-order valence-corrected chi connectivity index (χ4v) is 3.22. The molecule has 0 heterocycles. The van der Waals surface area contributed by atoms with Gasteiger partial charge in [-0.05, 0) is 43.2 Å². The number of amides is 2. The Balaban J connectivity index is 1.65. The SMILES string of the molecule is O=C(Nc1ccccc1)c1cccc(C(=O)NC2CCCCCC2)c1. The van der Waals surface area contributed by atoms with Crippen molar-refractivity contribution in [1.29, 1.82) is 0 Å². The molecule has 0 spiro atoms. The van der Waals surface area contributed by atoms with Gasteiger partial charge in [0.15, 0.2) is 0 Å². The van der Waals surface area contributed by atoms with Crippen molar-refractivity contribution in [3.8, 4) is 0 Å². The van der Waals surface area contributed by atoms with Gasteiger partial charge in [-0.25, -0.2) is 0 Å². The quantitative estimate of drug-likeness (QED) is 0.814. The summed E-state index contributed by atoms with van der Waals surface area (Å²) >= 11 is 0. The Bertz CT molecular complexity index is 720. The number of nitrogens with one attached hydrogen (secondary N) is 2. The highest BCUT2D eigenvalue weighted by atomic mass is 16.2. The monoisotopic (exact) mass is 336 g/mol. The van der Waals surface area contributed by atoms with Crippen LogP contribution in [0.2, 0.25) is 0 Å². The van der Waals surface area contributed by atoms with E-state index in [9.17, 15) is 9.59 Å².